The van der Waals surface area contributed by atoms with Crippen LogP contribution in [0.15, 0.2) is 36.8 Å². The van der Waals surface area contributed by atoms with Gasteiger partial charge in [-0.25, -0.2) is 0 Å². The van der Waals surface area contributed by atoms with Gasteiger partial charge in [0.15, 0.2) is 0 Å². The summed E-state index contributed by atoms with van der Waals surface area (Å²) in [6.45, 7) is 2.05. The number of nitro groups is 1. The molecule has 0 saturated carbocycles. The first-order valence-corrected chi connectivity index (χ1v) is 5.29. The molecule has 0 aliphatic carbocycles. The van der Waals surface area contributed by atoms with E-state index in [2.05, 4.69) is 9.97 Å². The Hall–Kier alpha value is -2.50. The Morgan fingerprint density at radius 1 is 1.39 bits per heavy atom. The molecular formula is C12H11N3O3. The molecule has 18 heavy (non-hydrogen) atoms. The third-order valence-corrected chi connectivity index (χ3v) is 2.36. The number of non-ortho nitro benzene ring substituents is 1. The summed E-state index contributed by atoms with van der Waals surface area (Å²) in [5.74, 6) is 0.603. The first-order chi connectivity index (χ1) is 8.66. The summed E-state index contributed by atoms with van der Waals surface area (Å²) in [7, 11) is 0. The minimum absolute atomic E-state index is 0.0550. The molecule has 0 aliphatic heterocycles. The van der Waals surface area contributed by atoms with Gasteiger partial charge in [0.1, 0.15) is 12.4 Å². The Morgan fingerprint density at radius 2 is 2.22 bits per heavy atom. The molecule has 0 N–H and O–H groups in total. The number of hydrogen-bond acceptors (Lipinski definition) is 5. The fourth-order valence-corrected chi connectivity index (χ4v) is 1.47. The second-order valence-corrected chi connectivity index (χ2v) is 3.69. The highest BCUT2D eigenvalue weighted by Crippen LogP contribution is 2.23. The van der Waals surface area contributed by atoms with Gasteiger partial charge in [-0.3, -0.25) is 20.1 Å². The molecule has 0 fully saturated rings. The summed E-state index contributed by atoms with van der Waals surface area (Å²) in [5.41, 5.74) is 1.47. The lowest BCUT2D eigenvalue weighted by Gasteiger charge is -2.07. The maximum Gasteiger partial charge on any atom is 0.269 e. The molecule has 0 atom stereocenters. The molecule has 1 aromatic carbocycles. The van der Waals surface area contributed by atoms with Crippen LogP contribution in [-0.4, -0.2) is 14.9 Å². The minimum atomic E-state index is -0.431. The van der Waals surface area contributed by atoms with E-state index in [4.69, 9.17) is 4.74 Å². The molecule has 0 unspecified atom stereocenters. The Kier molecular flexibility index (Phi) is 3.47. The van der Waals surface area contributed by atoms with Crippen LogP contribution >= 0.6 is 0 Å². The van der Waals surface area contributed by atoms with E-state index in [-0.39, 0.29) is 12.3 Å². The second kappa shape index (κ2) is 5.22. The third kappa shape index (κ3) is 2.79. The average Bonchev–Trinajstić information content (AvgIpc) is 2.38. The third-order valence-electron chi connectivity index (χ3n) is 2.36. The van der Waals surface area contributed by atoms with E-state index in [0.29, 0.717) is 17.0 Å². The van der Waals surface area contributed by atoms with Crippen molar-refractivity contribution in [3.05, 3.63) is 58.2 Å². The molecule has 0 radical (unpaired) electrons. The zero-order chi connectivity index (χ0) is 13.0. The molecule has 2 rings (SSSR count). The normalized spacial score (nSPS) is 10.1. The fraction of sp³-hybridized carbons (Fsp3) is 0.167. The minimum Gasteiger partial charge on any atom is -0.487 e. The average molecular weight is 245 g/mol. The fourth-order valence-electron chi connectivity index (χ4n) is 1.47. The predicted molar refractivity (Wildman–Crippen MR) is 64.2 cm³/mol. The van der Waals surface area contributed by atoms with Crippen molar-refractivity contribution in [3.63, 3.8) is 0 Å². The summed E-state index contributed by atoms with van der Waals surface area (Å²) in [6, 6.07) is 4.48. The quantitative estimate of drug-likeness (QED) is 0.609. The van der Waals surface area contributed by atoms with E-state index in [9.17, 15) is 10.1 Å². The lowest BCUT2D eigenvalue weighted by atomic mass is 10.2. The molecule has 0 aliphatic rings. The molecule has 1 heterocycles. The first kappa shape index (κ1) is 12.0. The van der Waals surface area contributed by atoms with Gasteiger partial charge in [0.25, 0.3) is 5.69 Å². The maximum absolute atomic E-state index is 10.6. The predicted octanol–water partition coefficient (Wildman–Crippen LogP) is 2.27. The van der Waals surface area contributed by atoms with Crippen molar-refractivity contribution in [2.24, 2.45) is 0 Å². The standard InChI is InChI=1S/C12H11N3O3/c1-9-6-11(15(16)17)2-3-12(9)18-8-10-7-13-4-5-14-10/h2-7H,8H2,1H3. The molecule has 6 nitrogen and oxygen atoms in total. The Balaban J connectivity index is 2.08. The van der Waals surface area contributed by atoms with E-state index < -0.39 is 4.92 Å². The van der Waals surface area contributed by atoms with Crippen LogP contribution in [0.2, 0.25) is 0 Å². The molecule has 0 saturated heterocycles. The topological polar surface area (TPSA) is 78.2 Å². The Bertz CT molecular complexity index is 558. The van der Waals surface area contributed by atoms with Gasteiger partial charge >= 0.3 is 0 Å². The molecule has 0 spiro atoms. The zero-order valence-corrected chi connectivity index (χ0v) is 9.74. The van der Waals surface area contributed by atoms with Crippen LogP contribution in [0.25, 0.3) is 0 Å². The number of hydrogen-bond donors (Lipinski definition) is 0. The number of benzene rings is 1. The van der Waals surface area contributed by atoms with Crippen molar-refractivity contribution < 1.29 is 9.66 Å². The van der Waals surface area contributed by atoms with Gasteiger partial charge in [0.2, 0.25) is 0 Å². The largest absolute Gasteiger partial charge is 0.487 e. The smallest absolute Gasteiger partial charge is 0.269 e. The number of nitro benzene ring substituents is 1. The Labute approximate surface area is 103 Å². The van der Waals surface area contributed by atoms with Crippen molar-refractivity contribution in [1.82, 2.24) is 9.97 Å². The van der Waals surface area contributed by atoms with Crippen LogP contribution in [0.5, 0.6) is 5.75 Å². The zero-order valence-electron chi connectivity index (χ0n) is 9.74. The van der Waals surface area contributed by atoms with E-state index in [1.165, 1.54) is 12.1 Å². The molecular weight excluding hydrogens is 234 g/mol. The van der Waals surface area contributed by atoms with Crippen LogP contribution in [0.3, 0.4) is 0 Å². The molecule has 0 amide bonds. The molecule has 0 bridgehead atoms. The lowest BCUT2D eigenvalue weighted by molar-refractivity contribution is -0.384. The monoisotopic (exact) mass is 245 g/mol. The number of aryl methyl sites for hydroxylation is 1. The van der Waals surface area contributed by atoms with Gasteiger partial charge in [-0.1, -0.05) is 0 Å². The van der Waals surface area contributed by atoms with Gasteiger partial charge in [-0.05, 0) is 18.6 Å². The van der Waals surface area contributed by atoms with Crippen molar-refractivity contribution in [1.29, 1.82) is 0 Å². The molecule has 1 aromatic heterocycles. The van der Waals surface area contributed by atoms with E-state index >= 15 is 0 Å². The molecule has 92 valence electrons. The van der Waals surface area contributed by atoms with E-state index in [0.717, 1.165) is 0 Å². The van der Waals surface area contributed by atoms with Gasteiger partial charge in [-0.2, -0.15) is 0 Å². The summed E-state index contributed by atoms with van der Waals surface area (Å²) < 4.78 is 5.53. The summed E-state index contributed by atoms with van der Waals surface area (Å²) in [5, 5.41) is 10.6. The van der Waals surface area contributed by atoms with Crippen LogP contribution < -0.4 is 4.74 Å². The second-order valence-electron chi connectivity index (χ2n) is 3.69. The number of rotatable bonds is 4. The van der Waals surface area contributed by atoms with Crippen molar-refractivity contribution in [2.75, 3.05) is 0 Å². The van der Waals surface area contributed by atoms with E-state index in [1.807, 2.05) is 0 Å². The van der Waals surface area contributed by atoms with Crippen molar-refractivity contribution in [3.8, 4) is 5.75 Å². The van der Waals surface area contributed by atoms with Crippen LogP contribution in [0.4, 0.5) is 5.69 Å². The first-order valence-electron chi connectivity index (χ1n) is 5.29. The lowest BCUT2D eigenvalue weighted by Crippen LogP contribution is -2.00. The summed E-state index contributed by atoms with van der Waals surface area (Å²) in [6.07, 6.45) is 4.78. The SMILES string of the molecule is Cc1cc([N+](=O)[O-])ccc1OCc1cnccn1. The van der Waals surface area contributed by atoms with Crippen molar-refractivity contribution in [2.45, 2.75) is 13.5 Å². The molecule has 2 aromatic rings. The van der Waals surface area contributed by atoms with Crippen LogP contribution in [-0.2, 0) is 6.61 Å². The van der Waals surface area contributed by atoms with Gasteiger partial charge in [0, 0.05) is 24.5 Å². The number of ether oxygens (including phenoxy) is 1. The van der Waals surface area contributed by atoms with Gasteiger partial charge in [0.05, 0.1) is 16.8 Å². The maximum atomic E-state index is 10.6. The van der Waals surface area contributed by atoms with Crippen LogP contribution in [0, 0.1) is 17.0 Å². The highest BCUT2D eigenvalue weighted by molar-refractivity contribution is 5.42. The Morgan fingerprint density at radius 3 is 2.83 bits per heavy atom. The van der Waals surface area contributed by atoms with E-state index in [1.54, 1.807) is 31.6 Å². The highest BCUT2D eigenvalue weighted by Gasteiger charge is 2.08. The van der Waals surface area contributed by atoms with Crippen LogP contribution in [0.1, 0.15) is 11.3 Å². The number of aromatic nitrogens is 2. The van der Waals surface area contributed by atoms with Crippen molar-refractivity contribution >= 4 is 5.69 Å². The summed E-state index contributed by atoms with van der Waals surface area (Å²) in [4.78, 5) is 18.2. The molecule has 6 heteroatoms. The van der Waals surface area contributed by atoms with Gasteiger partial charge in [-0.15, -0.1) is 0 Å². The number of nitrogens with zero attached hydrogens (tertiary/aromatic N) is 3. The highest BCUT2D eigenvalue weighted by atomic mass is 16.6. The summed E-state index contributed by atoms with van der Waals surface area (Å²) >= 11 is 0. The van der Waals surface area contributed by atoms with Gasteiger partial charge < -0.3 is 4.74 Å².